The van der Waals surface area contributed by atoms with Crippen molar-refractivity contribution in [3.05, 3.63) is 205 Å². The highest BCUT2D eigenvalue weighted by Gasteiger charge is 2.36. The number of benzene rings is 8. The number of rotatable bonds is 6. The third-order valence-electron chi connectivity index (χ3n) is 11.5. The number of hydrogen-bond donors (Lipinski definition) is 0. The quantitative estimate of drug-likeness (QED) is 0.166. The van der Waals surface area contributed by atoms with Crippen LogP contribution in [0.2, 0.25) is 0 Å². The number of anilines is 3. The standard InChI is InChI=1S/C52H40N2.C2H6/c1-35-18-24-42(25-19-35)54-50-17-11-10-16-46(50)47-32-38(23-31-51(47)54)39-22-29-44-45-30-28-43(34-49(45)52(2,3)48(44)33-39)53(40-14-8-5-9-15-40)41-26-20-37(21-27-41)36-12-6-4-7-13-36;1-2/h4-34H,1-3H3;1-2H3. The summed E-state index contributed by atoms with van der Waals surface area (Å²) in [7, 11) is 0. The molecule has 272 valence electrons. The van der Waals surface area contributed by atoms with Crippen LogP contribution >= 0.6 is 0 Å². The predicted molar refractivity (Wildman–Crippen MR) is 240 cm³/mol. The lowest BCUT2D eigenvalue weighted by Gasteiger charge is -2.28. The SMILES string of the molecule is CC.Cc1ccc(-n2c3ccccc3c3cc(-c4ccc5c(c4)C(C)(C)c4cc(N(c6ccccc6)c6ccc(-c7ccccc7)cc6)ccc4-5)ccc32)cc1. The molecule has 1 aliphatic rings. The smallest absolute Gasteiger partial charge is 0.0541 e. The van der Waals surface area contributed by atoms with Gasteiger partial charge in [0.1, 0.15) is 0 Å². The van der Waals surface area contributed by atoms with Crippen molar-refractivity contribution in [3.8, 4) is 39.1 Å². The summed E-state index contributed by atoms with van der Waals surface area (Å²) in [5.41, 5.74) is 18.4. The summed E-state index contributed by atoms with van der Waals surface area (Å²) in [6.07, 6.45) is 0. The van der Waals surface area contributed by atoms with Gasteiger partial charge >= 0.3 is 0 Å². The van der Waals surface area contributed by atoms with Crippen LogP contribution in [0.15, 0.2) is 188 Å². The third-order valence-corrected chi connectivity index (χ3v) is 11.5. The molecule has 56 heavy (non-hydrogen) atoms. The Bertz CT molecular complexity index is 2830. The minimum absolute atomic E-state index is 0.179. The van der Waals surface area contributed by atoms with E-state index in [0.717, 1.165) is 17.1 Å². The molecular formula is C54H46N2. The molecule has 10 rings (SSSR count). The van der Waals surface area contributed by atoms with Gasteiger partial charge in [0.05, 0.1) is 11.0 Å². The Kier molecular flexibility index (Phi) is 8.90. The van der Waals surface area contributed by atoms with Gasteiger partial charge in [0.15, 0.2) is 0 Å². The molecule has 1 aliphatic carbocycles. The monoisotopic (exact) mass is 722 g/mol. The van der Waals surface area contributed by atoms with E-state index in [1.807, 2.05) is 13.8 Å². The second kappa shape index (κ2) is 14.2. The van der Waals surface area contributed by atoms with Crippen molar-refractivity contribution in [2.24, 2.45) is 0 Å². The van der Waals surface area contributed by atoms with Gasteiger partial charge in [0.2, 0.25) is 0 Å². The number of fused-ring (bicyclic) bond motifs is 6. The van der Waals surface area contributed by atoms with Crippen LogP contribution in [-0.4, -0.2) is 4.57 Å². The molecule has 0 saturated carbocycles. The van der Waals surface area contributed by atoms with Crippen LogP contribution in [0.4, 0.5) is 17.1 Å². The van der Waals surface area contributed by atoms with E-state index >= 15 is 0 Å². The number of para-hydroxylation sites is 2. The Morgan fingerprint density at radius 3 is 1.66 bits per heavy atom. The van der Waals surface area contributed by atoms with Crippen LogP contribution in [0.3, 0.4) is 0 Å². The van der Waals surface area contributed by atoms with E-state index in [2.05, 4.69) is 218 Å². The van der Waals surface area contributed by atoms with E-state index in [-0.39, 0.29) is 5.41 Å². The van der Waals surface area contributed by atoms with Crippen LogP contribution in [0, 0.1) is 6.92 Å². The lowest BCUT2D eigenvalue weighted by molar-refractivity contribution is 0.660. The van der Waals surface area contributed by atoms with E-state index < -0.39 is 0 Å². The van der Waals surface area contributed by atoms with Crippen molar-refractivity contribution in [2.45, 2.75) is 40.0 Å². The molecule has 0 bridgehead atoms. The van der Waals surface area contributed by atoms with Crippen molar-refractivity contribution in [1.82, 2.24) is 4.57 Å². The fourth-order valence-corrected chi connectivity index (χ4v) is 8.63. The number of aromatic nitrogens is 1. The van der Waals surface area contributed by atoms with Gasteiger partial charge in [-0.1, -0.05) is 149 Å². The van der Waals surface area contributed by atoms with Crippen LogP contribution < -0.4 is 4.90 Å². The van der Waals surface area contributed by atoms with Gasteiger partial charge in [-0.05, 0) is 124 Å². The van der Waals surface area contributed by atoms with Crippen LogP contribution in [0.1, 0.15) is 44.4 Å². The Hall–Kier alpha value is -6.64. The largest absolute Gasteiger partial charge is 0.310 e. The minimum atomic E-state index is -0.179. The maximum atomic E-state index is 2.44. The zero-order chi connectivity index (χ0) is 38.4. The van der Waals surface area contributed by atoms with E-state index in [9.17, 15) is 0 Å². The molecule has 0 spiro atoms. The molecule has 0 saturated heterocycles. The summed E-state index contributed by atoms with van der Waals surface area (Å²) in [4.78, 5) is 2.38. The van der Waals surface area contributed by atoms with Crippen molar-refractivity contribution in [2.75, 3.05) is 4.90 Å². The minimum Gasteiger partial charge on any atom is -0.310 e. The van der Waals surface area contributed by atoms with Gasteiger partial charge < -0.3 is 9.47 Å². The fourth-order valence-electron chi connectivity index (χ4n) is 8.63. The van der Waals surface area contributed by atoms with E-state index in [0.29, 0.717) is 0 Å². The molecule has 2 heteroatoms. The molecule has 2 nitrogen and oxygen atoms in total. The Labute approximate surface area is 331 Å². The maximum absolute atomic E-state index is 2.44. The molecule has 0 N–H and O–H groups in total. The fraction of sp³-hybridized carbons (Fsp3) is 0.111. The van der Waals surface area contributed by atoms with Crippen molar-refractivity contribution in [1.29, 1.82) is 0 Å². The molecule has 1 heterocycles. The average Bonchev–Trinajstić information content (AvgIpc) is 3.70. The first-order valence-corrected chi connectivity index (χ1v) is 19.8. The highest BCUT2D eigenvalue weighted by Crippen LogP contribution is 2.52. The van der Waals surface area contributed by atoms with Crippen LogP contribution in [-0.2, 0) is 5.41 Å². The summed E-state index contributed by atoms with van der Waals surface area (Å²) < 4.78 is 2.39. The van der Waals surface area contributed by atoms with Crippen LogP contribution in [0.5, 0.6) is 0 Å². The highest BCUT2D eigenvalue weighted by molar-refractivity contribution is 6.10. The lowest BCUT2D eigenvalue weighted by atomic mass is 9.81. The average molecular weight is 723 g/mol. The molecule has 8 aromatic carbocycles. The highest BCUT2D eigenvalue weighted by atomic mass is 15.1. The van der Waals surface area contributed by atoms with Gasteiger partial charge in [-0.25, -0.2) is 0 Å². The van der Waals surface area contributed by atoms with E-state index in [1.54, 1.807) is 0 Å². The Morgan fingerprint density at radius 2 is 0.929 bits per heavy atom. The second-order valence-corrected chi connectivity index (χ2v) is 15.1. The summed E-state index contributed by atoms with van der Waals surface area (Å²) in [6.45, 7) is 10.9. The molecule has 1 aromatic heterocycles. The Morgan fingerprint density at radius 1 is 0.411 bits per heavy atom. The molecule has 0 atom stereocenters. The molecule has 9 aromatic rings. The third kappa shape index (κ3) is 5.90. The summed E-state index contributed by atoms with van der Waals surface area (Å²) in [6, 6.07) is 68.9. The zero-order valence-corrected chi connectivity index (χ0v) is 32.8. The summed E-state index contributed by atoms with van der Waals surface area (Å²) >= 11 is 0. The maximum Gasteiger partial charge on any atom is 0.0541 e. The van der Waals surface area contributed by atoms with Crippen molar-refractivity contribution >= 4 is 38.9 Å². The molecular weight excluding hydrogens is 677 g/mol. The van der Waals surface area contributed by atoms with Gasteiger partial charge in [-0.3, -0.25) is 0 Å². The van der Waals surface area contributed by atoms with E-state index in [1.165, 1.54) is 77.6 Å². The predicted octanol–water partition coefficient (Wildman–Crippen LogP) is 15.2. The van der Waals surface area contributed by atoms with Gasteiger partial charge in [0, 0.05) is 38.9 Å². The molecule has 0 unspecified atom stereocenters. The normalized spacial score (nSPS) is 12.5. The summed E-state index contributed by atoms with van der Waals surface area (Å²) in [5.74, 6) is 0. The first-order valence-electron chi connectivity index (χ1n) is 19.8. The van der Waals surface area contributed by atoms with Crippen molar-refractivity contribution < 1.29 is 0 Å². The van der Waals surface area contributed by atoms with Crippen molar-refractivity contribution in [3.63, 3.8) is 0 Å². The topological polar surface area (TPSA) is 8.17 Å². The van der Waals surface area contributed by atoms with Gasteiger partial charge in [-0.15, -0.1) is 0 Å². The van der Waals surface area contributed by atoms with Gasteiger partial charge in [0.25, 0.3) is 0 Å². The first-order chi connectivity index (χ1) is 27.4. The number of nitrogens with zero attached hydrogens (tertiary/aromatic N) is 2. The Balaban J connectivity index is 0.00000202. The second-order valence-electron chi connectivity index (χ2n) is 15.1. The lowest BCUT2D eigenvalue weighted by Crippen LogP contribution is -2.16. The summed E-state index contributed by atoms with van der Waals surface area (Å²) in [5, 5.41) is 2.54. The molecule has 0 amide bonds. The molecule has 0 aliphatic heterocycles. The molecule has 0 fully saturated rings. The van der Waals surface area contributed by atoms with Crippen LogP contribution in [0.25, 0.3) is 60.9 Å². The van der Waals surface area contributed by atoms with Gasteiger partial charge in [-0.2, -0.15) is 0 Å². The van der Waals surface area contributed by atoms with E-state index in [4.69, 9.17) is 0 Å². The molecule has 0 radical (unpaired) electrons. The zero-order valence-electron chi connectivity index (χ0n) is 32.8. The number of aryl methyl sites for hydroxylation is 1. The first kappa shape index (κ1) is 35.1. The number of hydrogen-bond acceptors (Lipinski definition) is 1.